The molecule has 10 nitrogen and oxygen atoms in total. The van der Waals surface area contributed by atoms with Crippen molar-refractivity contribution in [1.82, 2.24) is 16.0 Å². The highest BCUT2D eigenvalue weighted by Crippen LogP contribution is 2.01. The predicted molar refractivity (Wildman–Crippen MR) is 80.2 cm³/mol. The highest BCUT2D eigenvalue weighted by atomic mass is 16.4. The zero-order valence-electron chi connectivity index (χ0n) is 12.7. The Morgan fingerprint density at radius 2 is 1.77 bits per heavy atom. The molecule has 10 heteroatoms. The topological polar surface area (TPSA) is 186 Å². The zero-order chi connectivity index (χ0) is 17.1. The molecule has 10 N–H and O–H groups in total. The average molecular weight is 318 g/mol. The molecule has 128 valence electrons. The molecule has 0 aliphatic carbocycles. The fourth-order valence-electron chi connectivity index (χ4n) is 1.81. The van der Waals surface area contributed by atoms with Gasteiger partial charge in [0, 0.05) is 6.42 Å². The number of carbonyl (C=O) groups excluding carboxylic acids is 2. The van der Waals surface area contributed by atoms with Crippen molar-refractivity contribution in [2.24, 2.45) is 17.2 Å². The van der Waals surface area contributed by atoms with E-state index in [0.29, 0.717) is 19.4 Å². The lowest BCUT2D eigenvalue weighted by molar-refractivity contribution is -0.137. The molecule has 0 heterocycles. The first-order valence-electron chi connectivity index (χ1n) is 7.01. The van der Waals surface area contributed by atoms with Crippen LogP contribution >= 0.6 is 0 Å². The number of hydrogen-bond acceptors (Lipinski definition) is 7. The van der Waals surface area contributed by atoms with Crippen molar-refractivity contribution in [3.8, 4) is 0 Å². The summed E-state index contributed by atoms with van der Waals surface area (Å²) in [6, 6.07) is -1.53. The second-order valence-corrected chi connectivity index (χ2v) is 4.86. The molecule has 2 amide bonds. The molecule has 0 radical (unpaired) electrons. The van der Waals surface area contributed by atoms with Gasteiger partial charge in [-0.3, -0.25) is 19.7 Å². The van der Waals surface area contributed by atoms with Crippen molar-refractivity contribution in [2.75, 3.05) is 13.6 Å². The SMILES string of the molecule is CN[C@@H](CCCNC(N)N)C(=O)N[C@@H](CCC(=O)O)C(N)=O. The van der Waals surface area contributed by atoms with Gasteiger partial charge in [0.25, 0.3) is 0 Å². The zero-order valence-corrected chi connectivity index (χ0v) is 12.7. The Balaban J connectivity index is 4.35. The lowest BCUT2D eigenvalue weighted by Crippen LogP contribution is -2.51. The minimum Gasteiger partial charge on any atom is -0.481 e. The van der Waals surface area contributed by atoms with Gasteiger partial charge < -0.3 is 32.9 Å². The maximum absolute atomic E-state index is 12.1. The summed E-state index contributed by atoms with van der Waals surface area (Å²) in [6.45, 7) is 0.543. The van der Waals surface area contributed by atoms with E-state index in [-0.39, 0.29) is 12.8 Å². The van der Waals surface area contributed by atoms with Gasteiger partial charge in [-0.1, -0.05) is 0 Å². The summed E-state index contributed by atoms with van der Waals surface area (Å²) in [6.07, 6.45) is 0.219. The molecular formula is C12H26N6O4. The van der Waals surface area contributed by atoms with Crippen LogP contribution in [0.3, 0.4) is 0 Å². The van der Waals surface area contributed by atoms with Gasteiger partial charge in [0.2, 0.25) is 11.8 Å². The van der Waals surface area contributed by atoms with Crippen molar-refractivity contribution >= 4 is 17.8 Å². The van der Waals surface area contributed by atoms with E-state index in [4.69, 9.17) is 22.3 Å². The lowest BCUT2D eigenvalue weighted by Gasteiger charge is -2.20. The van der Waals surface area contributed by atoms with Crippen LogP contribution in [0.15, 0.2) is 0 Å². The van der Waals surface area contributed by atoms with E-state index >= 15 is 0 Å². The van der Waals surface area contributed by atoms with Gasteiger partial charge in [-0.05, 0) is 32.9 Å². The summed E-state index contributed by atoms with van der Waals surface area (Å²) >= 11 is 0. The number of rotatable bonds is 12. The Kier molecular flexibility index (Phi) is 10.0. The monoisotopic (exact) mass is 318 g/mol. The lowest BCUT2D eigenvalue weighted by atomic mass is 10.1. The van der Waals surface area contributed by atoms with Gasteiger partial charge >= 0.3 is 5.97 Å². The molecule has 2 atom stereocenters. The number of carboxylic acids is 1. The number of nitrogens with one attached hydrogen (secondary N) is 3. The Labute approximate surface area is 129 Å². The molecule has 0 aliphatic rings. The first-order chi connectivity index (χ1) is 10.3. The van der Waals surface area contributed by atoms with E-state index in [1.165, 1.54) is 0 Å². The van der Waals surface area contributed by atoms with Gasteiger partial charge in [-0.15, -0.1) is 0 Å². The highest BCUT2D eigenvalue weighted by molar-refractivity contribution is 5.89. The summed E-state index contributed by atoms with van der Waals surface area (Å²) in [5, 5.41) is 16.7. The van der Waals surface area contributed by atoms with Gasteiger partial charge in [-0.25, -0.2) is 0 Å². The maximum Gasteiger partial charge on any atom is 0.303 e. The van der Waals surface area contributed by atoms with E-state index in [1.807, 2.05) is 0 Å². The van der Waals surface area contributed by atoms with Gasteiger partial charge in [0.1, 0.15) is 12.3 Å². The van der Waals surface area contributed by atoms with Crippen LogP contribution in [0.2, 0.25) is 0 Å². The Morgan fingerprint density at radius 3 is 2.23 bits per heavy atom. The van der Waals surface area contributed by atoms with Crippen LogP contribution in [0.1, 0.15) is 25.7 Å². The van der Waals surface area contributed by atoms with E-state index < -0.39 is 36.2 Å². The van der Waals surface area contributed by atoms with Crippen LogP contribution in [0.5, 0.6) is 0 Å². The molecule has 0 bridgehead atoms. The second kappa shape index (κ2) is 10.9. The highest BCUT2D eigenvalue weighted by Gasteiger charge is 2.23. The van der Waals surface area contributed by atoms with Crippen LogP contribution in [-0.4, -0.2) is 54.9 Å². The largest absolute Gasteiger partial charge is 0.481 e. The Hall–Kier alpha value is -1.75. The van der Waals surface area contributed by atoms with Crippen LogP contribution < -0.4 is 33.2 Å². The standard InChI is InChI=1S/C12H26N6O4/c1-16-8(3-2-6-17-12(14)15)11(22)18-7(10(13)21)4-5-9(19)20/h7-8,12,16-17H,2-6,14-15H2,1H3,(H2,13,21)(H,18,22)(H,19,20)/t7-,8-/m0/s1. The number of primary amides is 1. The molecule has 0 saturated heterocycles. The molecule has 0 saturated carbocycles. The molecule has 22 heavy (non-hydrogen) atoms. The van der Waals surface area contributed by atoms with E-state index in [2.05, 4.69) is 16.0 Å². The molecule has 0 rings (SSSR count). The van der Waals surface area contributed by atoms with Gasteiger partial charge in [0.05, 0.1) is 6.04 Å². The molecule has 0 spiro atoms. The van der Waals surface area contributed by atoms with Gasteiger partial charge in [-0.2, -0.15) is 0 Å². The molecule has 0 aromatic heterocycles. The number of hydrogen-bond donors (Lipinski definition) is 7. The smallest absolute Gasteiger partial charge is 0.303 e. The first-order valence-corrected chi connectivity index (χ1v) is 7.01. The van der Waals surface area contributed by atoms with Gasteiger partial charge in [0.15, 0.2) is 0 Å². The number of amides is 2. The van der Waals surface area contributed by atoms with E-state index in [0.717, 1.165) is 0 Å². The number of aliphatic carboxylic acids is 1. The van der Waals surface area contributed by atoms with Crippen molar-refractivity contribution in [3.63, 3.8) is 0 Å². The minimum absolute atomic E-state index is 0.0452. The third-order valence-corrected chi connectivity index (χ3v) is 3.02. The molecule has 0 fully saturated rings. The van der Waals surface area contributed by atoms with Crippen LogP contribution in [0.25, 0.3) is 0 Å². The second-order valence-electron chi connectivity index (χ2n) is 4.86. The average Bonchev–Trinajstić information content (AvgIpc) is 2.42. The fourth-order valence-corrected chi connectivity index (χ4v) is 1.81. The minimum atomic E-state index is -1.06. The molecule has 0 unspecified atom stereocenters. The van der Waals surface area contributed by atoms with Crippen LogP contribution in [0, 0.1) is 0 Å². The number of carboxylic acid groups (broad SMARTS) is 1. The molecule has 0 aliphatic heterocycles. The van der Waals surface area contributed by atoms with Crippen LogP contribution in [0.4, 0.5) is 0 Å². The fraction of sp³-hybridized carbons (Fsp3) is 0.750. The third-order valence-electron chi connectivity index (χ3n) is 3.02. The van der Waals surface area contributed by atoms with Crippen molar-refractivity contribution in [3.05, 3.63) is 0 Å². The Morgan fingerprint density at radius 1 is 1.14 bits per heavy atom. The quantitative estimate of drug-likeness (QED) is 0.146. The van der Waals surface area contributed by atoms with E-state index in [1.54, 1.807) is 7.05 Å². The summed E-state index contributed by atoms with van der Waals surface area (Å²) < 4.78 is 0. The normalized spacial score (nSPS) is 13.6. The van der Waals surface area contributed by atoms with Crippen molar-refractivity contribution in [2.45, 2.75) is 44.1 Å². The summed E-state index contributed by atoms with van der Waals surface area (Å²) in [7, 11) is 1.61. The Bertz CT molecular complexity index is 377. The maximum atomic E-state index is 12.1. The molecule has 0 aromatic carbocycles. The number of nitrogens with two attached hydrogens (primary N) is 3. The number of likely N-dealkylation sites (N-methyl/N-ethyl adjacent to an activating group) is 1. The predicted octanol–water partition coefficient (Wildman–Crippen LogP) is -3.02. The first kappa shape index (κ1) is 20.2. The summed E-state index contributed by atoms with van der Waals surface area (Å²) in [5.41, 5.74) is 15.8. The number of carbonyl (C=O) groups is 3. The summed E-state index contributed by atoms with van der Waals surface area (Å²) in [5.74, 6) is -2.23. The summed E-state index contributed by atoms with van der Waals surface area (Å²) in [4.78, 5) is 33.8. The molecular weight excluding hydrogens is 292 g/mol. The van der Waals surface area contributed by atoms with Crippen molar-refractivity contribution < 1.29 is 19.5 Å². The molecule has 0 aromatic rings. The van der Waals surface area contributed by atoms with Crippen LogP contribution in [-0.2, 0) is 14.4 Å². The van der Waals surface area contributed by atoms with Crippen molar-refractivity contribution in [1.29, 1.82) is 0 Å². The third kappa shape index (κ3) is 9.23. The van der Waals surface area contributed by atoms with E-state index in [9.17, 15) is 14.4 Å².